The number of halogens is 2. The Labute approximate surface area is 110 Å². The van der Waals surface area contributed by atoms with Crippen LogP contribution in [0.1, 0.15) is 6.92 Å². The first kappa shape index (κ1) is 13.4. The Morgan fingerprint density at radius 1 is 1.31 bits per heavy atom. The van der Waals surface area contributed by atoms with Crippen molar-refractivity contribution in [2.45, 2.75) is 6.92 Å². The van der Waals surface area contributed by atoms with E-state index in [4.69, 9.17) is 0 Å². The third kappa shape index (κ3) is 2.70. The zero-order valence-electron chi connectivity index (χ0n) is 8.52. The molecule has 0 saturated carbocycles. The van der Waals surface area contributed by atoms with Crippen molar-refractivity contribution < 1.29 is 14.4 Å². The fourth-order valence-electron chi connectivity index (χ4n) is 1.37. The molecule has 0 spiro atoms. The van der Waals surface area contributed by atoms with Crippen LogP contribution in [0.3, 0.4) is 0 Å². The first-order chi connectivity index (χ1) is 7.51. The average molecular weight is 354 g/mol. The number of amides is 2. The SMILES string of the molecule is C/C(Br)=C(/Br)C(=O)N1CC(C=O)CN1C=O. The summed E-state index contributed by atoms with van der Waals surface area (Å²) in [5.74, 6) is -0.657. The predicted molar refractivity (Wildman–Crippen MR) is 64.6 cm³/mol. The number of carbonyl (C=O) groups excluding carboxylic acids is 3. The van der Waals surface area contributed by atoms with Crippen molar-refractivity contribution >= 4 is 50.5 Å². The average Bonchev–Trinajstić information content (AvgIpc) is 2.69. The predicted octanol–water partition coefficient (Wildman–Crippen LogP) is 1.04. The number of aldehydes is 1. The Balaban J connectivity index is 2.87. The van der Waals surface area contributed by atoms with Crippen LogP contribution in [-0.2, 0) is 14.4 Å². The maximum Gasteiger partial charge on any atom is 0.280 e. The van der Waals surface area contributed by atoms with Crippen molar-refractivity contribution in [1.82, 2.24) is 10.0 Å². The summed E-state index contributed by atoms with van der Waals surface area (Å²) in [6.07, 6.45) is 1.30. The van der Waals surface area contributed by atoms with Crippen molar-refractivity contribution in [1.29, 1.82) is 0 Å². The van der Waals surface area contributed by atoms with Crippen molar-refractivity contribution in [2.75, 3.05) is 13.1 Å². The number of allylic oxidation sites excluding steroid dienone is 1. The Bertz CT molecular complexity index is 353. The minimum Gasteiger partial charge on any atom is -0.303 e. The molecule has 1 heterocycles. The van der Waals surface area contributed by atoms with Gasteiger partial charge in [-0.1, -0.05) is 15.9 Å². The van der Waals surface area contributed by atoms with Gasteiger partial charge in [0.1, 0.15) is 6.29 Å². The molecule has 0 N–H and O–H groups in total. The molecule has 1 atom stereocenters. The van der Waals surface area contributed by atoms with E-state index in [-0.39, 0.29) is 24.9 Å². The number of hydrogen-bond donors (Lipinski definition) is 0. The van der Waals surface area contributed by atoms with Crippen LogP contribution in [0.5, 0.6) is 0 Å². The summed E-state index contributed by atoms with van der Waals surface area (Å²) in [6, 6.07) is 0. The zero-order chi connectivity index (χ0) is 12.3. The largest absolute Gasteiger partial charge is 0.303 e. The second kappa shape index (κ2) is 5.58. The quantitative estimate of drug-likeness (QED) is 0.562. The smallest absolute Gasteiger partial charge is 0.280 e. The molecule has 1 rings (SSSR count). The van der Waals surface area contributed by atoms with Crippen LogP contribution in [0.15, 0.2) is 8.96 Å². The molecule has 0 bridgehead atoms. The minimum absolute atomic E-state index is 0.233. The van der Waals surface area contributed by atoms with Gasteiger partial charge in [-0.2, -0.15) is 0 Å². The topological polar surface area (TPSA) is 57.7 Å². The third-order valence-electron chi connectivity index (χ3n) is 2.18. The van der Waals surface area contributed by atoms with Crippen LogP contribution < -0.4 is 0 Å². The molecule has 88 valence electrons. The molecule has 0 aliphatic carbocycles. The summed E-state index contributed by atoms with van der Waals surface area (Å²) in [5, 5.41) is 2.46. The number of nitrogens with zero attached hydrogens (tertiary/aromatic N) is 2. The van der Waals surface area contributed by atoms with E-state index in [0.717, 1.165) is 6.29 Å². The van der Waals surface area contributed by atoms with Crippen LogP contribution in [-0.4, -0.2) is 41.7 Å². The second-order valence-corrected chi connectivity index (χ2v) is 5.34. The van der Waals surface area contributed by atoms with E-state index in [1.165, 1.54) is 10.0 Å². The molecular weight excluding hydrogens is 344 g/mol. The third-order valence-corrected chi connectivity index (χ3v) is 4.04. The van der Waals surface area contributed by atoms with Crippen LogP contribution >= 0.6 is 31.9 Å². The molecule has 16 heavy (non-hydrogen) atoms. The zero-order valence-corrected chi connectivity index (χ0v) is 11.7. The number of rotatable bonds is 3. The lowest BCUT2D eigenvalue weighted by Gasteiger charge is -2.23. The lowest BCUT2D eigenvalue weighted by molar-refractivity contribution is -0.146. The molecule has 7 heteroatoms. The van der Waals surface area contributed by atoms with E-state index in [1.54, 1.807) is 6.92 Å². The first-order valence-corrected chi connectivity index (χ1v) is 6.10. The maximum absolute atomic E-state index is 11.9. The number of hydrogen-bond acceptors (Lipinski definition) is 3. The highest BCUT2D eigenvalue weighted by molar-refractivity contribution is 9.14. The Kier molecular flexibility index (Phi) is 4.67. The highest BCUT2D eigenvalue weighted by Crippen LogP contribution is 2.23. The van der Waals surface area contributed by atoms with E-state index in [1.807, 2.05) is 0 Å². The Morgan fingerprint density at radius 2 is 1.94 bits per heavy atom. The molecule has 2 amide bonds. The fourth-order valence-corrected chi connectivity index (χ4v) is 1.74. The lowest BCUT2D eigenvalue weighted by atomic mass is 10.2. The Hall–Kier alpha value is -0.690. The van der Waals surface area contributed by atoms with E-state index in [9.17, 15) is 14.4 Å². The van der Waals surface area contributed by atoms with Gasteiger partial charge in [0.2, 0.25) is 6.41 Å². The fraction of sp³-hybridized carbons (Fsp3) is 0.444. The van der Waals surface area contributed by atoms with Gasteiger partial charge >= 0.3 is 0 Å². The summed E-state index contributed by atoms with van der Waals surface area (Å²) >= 11 is 6.30. The summed E-state index contributed by atoms with van der Waals surface area (Å²) < 4.78 is 0.976. The van der Waals surface area contributed by atoms with Gasteiger partial charge < -0.3 is 4.79 Å². The van der Waals surface area contributed by atoms with E-state index >= 15 is 0 Å². The van der Waals surface area contributed by atoms with Gasteiger partial charge in [0.15, 0.2) is 0 Å². The van der Waals surface area contributed by atoms with Gasteiger partial charge in [0.25, 0.3) is 5.91 Å². The lowest BCUT2D eigenvalue weighted by Crippen LogP contribution is -2.40. The molecule has 0 aromatic carbocycles. The van der Waals surface area contributed by atoms with Gasteiger partial charge in [-0.05, 0) is 22.9 Å². The minimum atomic E-state index is -0.342. The van der Waals surface area contributed by atoms with Crippen molar-refractivity contribution in [3.63, 3.8) is 0 Å². The standard InChI is InChI=1S/C9H10Br2N2O3/c1-6(10)8(11)9(16)13-3-7(4-14)2-12(13)5-15/h4-5,7H,2-3H2,1H3/b8-6-. The highest BCUT2D eigenvalue weighted by Gasteiger charge is 2.33. The van der Waals surface area contributed by atoms with Gasteiger partial charge in [-0.3, -0.25) is 14.6 Å². The summed E-state index contributed by atoms with van der Waals surface area (Å²) in [7, 11) is 0. The van der Waals surface area contributed by atoms with E-state index < -0.39 is 0 Å². The van der Waals surface area contributed by atoms with Crippen LogP contribution in [0, 0.1) is 5.92 Å². The molecule has 5 nitrogen and oxygen atoms in total. The van der Waals surface area contributed by atoms with Crippen LogP contribution in [0.25, 0.3) is 0 Å². The molecule has 0 radical (unpaired) electrons. The number of carbonyl (C=O) groups is 3. The maximum atomic E-state index is 11.9. The normalized spacial score (nSPS) is 21.8. The Morgan fingerprint density at radius 3 is 2.38 bits per heavy atom. The van der Waals surface area contributed by atoms with Gasteiger partial charge in [-0.25, -0.2) is 5.01 Å². The van der Waals surface area contributed by atoms with E-state index in [0.29, 0.717) is 15.4 Å². The van der Waals surface area contributed by atoms with Crippen LogP contribution in [0.4, 0.5) is 0 Å². The van der Waals surface area contributed by atoms with Gasteiger partial charge in [0, 0.05) is 4.48 Å². The van der Waals surface area contributed by atoms with Crippen LogP contribution in [0.2, 0.25) is 0 Å². The number of hydrazine groups is 1. The highest BCUT2D eigenvalue weighted by atomic mass is 79.9. The van der Waals surface area contributed by atoms with Crippen molar-refractivity contribution in [3.8, 4) is 0 Å². The molecular formula is C9H10Br2N2O3. The summed E-state index contributed by atoms with van der Waals surface area (Å²) in [5.41, 5.74) is 0. The molecule has 1 aliphatic heterocycles. The molecule has 1 saturated heterocycles. The molecule has 0 aromatic rings. The summed E-state index contributed by atoms with van der Waals surface area (Å²) in [6.45, 7) is 2.19. The monoisotopic (exact) mass is 352 g/mol. The van der Waals surface area contributed by atoms with E-state index in [2.05, 4.69) is 31.9 Å². The van der Waals surface area contributed by atoms with Gasteiger partial charge in [0.05, 0.1) is 23.5 Å². The first-order valence-electron chi connectivity index (χ1n) is 4.52. The second-order valence-electron chi connectivity index (χ2n) is 3.36. The van der Waals surface area contributed by atoms with Crippen molar-refractivity contribution in [2.24, 2.45) is 5.92 Å². The molecule has 1 fully saturated rings. The van der Waals surface area contributed by atoms with Crippen molar-refractivity contribution in [3.05, 3.63) is 8.96 Å². The molecule has 0 aromatic heterocycles. The summed E-state index contributed by atoms with van der Waals surface area (Å²) in [4.78, 5) is 33.3. The van der Waals surface area contributed by atoms with Gasteiger partial charge in [-0.15, -0.1) is 0 Å². The molecule has 1 aliphatic rings. The molecule has 1 unspecified atom stereocenters.